The lowest BCUT2D eigenvalue weighted by Gasteiger charge is -2.13. The van der Waals surface area contributed by atoms with Crippen LogP contribution in [-0.2, 0) is 11.0 Å². The van der Waals surface area contributed by atoms with Crippen molar-refractivity contribution in [2.45, 2.75) is 12.3 Å². The van der Waals surface area contributed by atoms with Crippen LogP contribution < -0.4 is 5.48 Å². The first-order chi connectivity index (χ1) is 7.45. The maximum absolute atomic E-state index is 12.4. The number of halogens is 3. The van der Waals surface area contributed by atoms with Gasteiger partial charge in [0.05, 0.1) is 25.3 Å². The van der Waals surface area contributed by atoms with Gasteiger partial charge in [0, 0.05) is 0 Å². The fourth-order valence-electron chi connectivity index (χ4n) is 1.20. The van der Waals surface area contributed by atoms with Crippen molar-refractivity contribution >= 4 is 0 Å². The third-order valence-corrected chi connectivity index (χ3v) is 2.02. The molecular formula is C10H12F3NO2. The monoisotopic (exact) mass is 235 g/mol. The van der Waals surface area contributed by atoms with Gasteiger partial charge in [0.25, 0.3) is 0 Å². The van der Waals surface area contributed by atoms with E-state index in [0.29, 0.717) is 0 Å². The van der Waals surface area contributed by atoms with Crippen molar-refractivity contribution in [3.05, 3.63) is 35.4 Å². The van der Waals surface area contributed by atoms with Crippen LogP contribution in [0.25, 0.3) is 0 Å². The Morgan fingerprint density at radius 3 is 2.69 bits per heavy atom. The maximum Gasteiger partial charge on any atom is 0.416 e. The number of aliphatic hydroxyl groups excluding tert-OH is 1. The Kier molecular flexibility index (Phi) is 4.28. The molecule has 1 aromatic carbocycles. The first-order valence-corrected chi connectivity index (χ1v) is 4.56. The van der Waals surface area contributed by atoms with E-state index >= 15 is 0 Å². The van der Waals surface area contributed by atoms with Crippen molar-refractivity contribution in [3.63, 3.8) is 0 Å². The highest BCUT2D eigenvalue weighted by Crippen LogP contribution is 2.30. The summed E-state index contributed by atoms with van der Waals surface area (Å²) in [6.07, 6.45) is -5.44. The highest BCUT2D eigenvalue weighted by atomic mass is 19.4. The van der Waals surface area contributed by atoms with Crippen molar-refractivity contribution in [2.24, 2.45) is 0 Å². The minimum absolute atomic E-state index is 0.0256. The summed E-state index contributed by atoms with van der Waals surface area (Å²) in [5.41, 5.74) is 1.79. The van der Waals surface area contributed by atoms with Gasteiger partial charge in [-0.25, -0.2) is 0 Å². The van der Waals surface area contributed by atoms with Crippen LogP contribution in [0.2, 0.25) is 0 Å². The predicted molar refractivity (Wildman–Crippen MR) is 51.4 cm³/mol. The van der Waals surface area contributed by atoms with Gasteiger partial charge in [0.2, 0.25) is 0 Å². The Labute approximate surface area is 90.8 Å². The van der Waals surface area contributed by atoms with Crippen molar-refractivity contribution in [1.29, 1.82) is 0 Å². The fraction of sp³-hybridized carbons (Fsp3) is 0.400. The summed E-state index contributed by atoms with van der Waals surface area (Å²) in [7, 11) is 1.36. The van der Waals surface area contributed by atoms with Gasteiger partial charge in [-0.3, -0.25) is 0 Å². The van der Waals surface area contributed by atoms with Crippen LogP contribution in [0.5, 0.6) is 0 Å². The van der Waals surface area contributed by atoms with Gasteiger partial charge in [-0.15, -0.1) is 0 Å². The van der Waals surface area contributed by atoms with Gasteiger partial charge in [-0.05, 0) is 17.7 Å². The summed E-state index contributed by atoms with van der Waals surface area (Å²) in [4.78, 5) is 4.50. The largest absolute Gasteiger partial charge is 0.416 e. The van der Waals surface area contributed by atoms with Crippen LogP contribution >= 0.6 is 0 Å². The van der Waals surface area contributed by atoms with E-state index in [-0.39, 0.29) is 12.1 Å². The van der Waals surface area contributed by atoms with Crippen LogP contribution in [0.1, 0.15) is 17.2 Å². The lowest BCUT2D eigenvalue weighted by Crippen LogP contribution is -2.20. The molecule has 16 heavy (non-hydrogen) atoms. The van der Waals surface area contributed by atoms with E-state index in [1.165, 1.54) is 19.2 Å². The average molecular weight is 235 g/mol. The standard InChI is InChI=1S/C10H12F3NO2/c1-16-14-6-9(15)7-3-2-4-8(5-7)10(11,12)13/h2-5,9,14-15H,6H2,1H3. The van der Waals surface area contributed by atoms with Crippen LogP contribution in [0.15, 0.2) is 24.3 Å². The van der Waals surface area contributed by atoms with E-state index in [9.17, 15) is 18.3 Å². The second kappa shape index (κ2) is 5.29. The molecular weight excluding hydrogens is 223 g/mol. The molecule has 0 aliphatic carbocycles. The Hall–Kier alpha value is -1.11. The second-order valence-electron chi connectivity index (χ2n) is 3.19. The van der Waals surface area contributed by atoms with Crippen LogP contribution in [0.4, 0.5) is 13.2 Å². The highest BCUT2D eigenvalue weighted by Gasteiger charge is 2.30. The van der Waals surface area contributed by atoms with Gasteiger partial charge in [-0.2, -0.15) is 18.7 Å². The van der Waals surface area contributed by atoms with Crippen molar-refractivity contribution in [3.8, 4) is 0 Å². The fourth-order valence-corrected chi connectivity index (χ4v) is 1.20. The Morgan fingerprint density at radius 2 is 2.12 bits per heavy atom. The molecule has 0 aliphatic rings. The van der Waals surface area contributed by atoms with Crippen molar-refractivity contribution < 1.29 is 23.1 Å². The average Bonchev–Trinajstić information content (AvgIpc) is 2.25. The normalized spacial score (nSPS) is 13.8. The van der Waals surface area contributed by atoms with E-state index in [0.717, 1.165) is 12.1 Å². The van der Waals surface area contributed by atoms with Gasteiger partial charge in [-0.1, -0.05) is 12.1 Å². The Bertz CT molecular complexity index is 341. The van der Waals surface area contributed by atoms with E-state index in [4.69, 9.17) is 0 Å². The minimum Gasteiger partial charge on any atom is -0.387 e. The second-order valence-corrected chi connectivity index (χ2v) is 3.19. The third kappa shape index (κ3) is 3.48. The number of hydrogen-bond acceptors (Lipinski definition) is 3. The number of hydrogen-bond donors (Lipinski definition) is 2. The molecule has 0 fully saturated rings. The summed E-state index contributed by atoms with van der Waals surface area (Å²) >= 11 is 0. The summed E-state index contributed by atoms with van der Waals surface area (Å²) in [6, 6.07) is 4.56. The molecule has 0 aromatic heterocycles. The molecule has 90 valence electrons. The number of benzene rings is 1. The topological polar surface area (TPSA) is 41.5 Å². The molecule has 0 aliphatic heterocycles. The number of alkyl halides is 3. The molecule has 1 rings (SSSR count). The molecule has 0 bridgehead atoms. The molecule has 0 saturated carbocycles. The van der Waals surface area contributed by atoms with Crippen LogP contribution in [-0.4, -0.2) is 18.8 Å². The molecule has 0 radical (unpaired) electrons. The molecule has 1 aromatic rings. The molecule has 3 nitrogen and oxygen atoms in total. The van der Waals surface area contributed by atoms with Gasteiger partial charge in [0.15, 0.2) is 0 Å². The summed E-state index contributed by atoms with van der Waals surface area (Å²) in [5.74, 6) is 0. The van der Waals surface area contributed by atoms with E-state index in [1.807, 2.05) is 0 Å². The molecule has 1 unspecified atom stereocenters. The van der Waals surface area contributed by atoms with Gasteiger partial charge < -0.3 is 9.94 Å². The zero-order chi connectivity index (χ0) is 12.2. The minimum atomic E-state index is -4.40. The smallest absolute Gasteiger partial charge is 0.387 e. The zero-order valence-corrected chi connectivity index (χ0v) is 8.58. The zero-order valence-electron chi connectivity index (χ0n) is 8.58. The first kappa shape index (κ1) is 13.0. The number of aliphatic hydroxyl groups is 1. The van der Waals surface area contributed by atoms with Gasteiger partial charge in [0.1, 0.15) is 0 Å². The number of rotatable bonds is 4. The van der Waals surface area contributed by atoms with E-state index < -0.39 is 17.8 Å². The lowest BCUT2D eigenvalue weighted by atomic mass is 10.1. The maximum atomic E-state index is 12.4. The number of nitrogens with one attached hydrogen (secondary N) is 1. The number of hydroxylamine groups is 1. The molecule has 0 heterocycles. The van der Waals surface area contributed by atoms with E-state index in [2.05, 4.69) is 10.3 Å². The lowest BCUT2D eigenvalue weighted by molar-refractivity contribution is -0.137. The molecule has 2 N–H and O–H groups in total. The Morgan fingerprint density at radius 1 is 1.44 bits per heavy atom. The highest BCUT2D eigenvalue weighted by molar-refractivity contribution is 5.27. The van der Waals surface area contributed by atoms with Crippen molar-refractivity contribution in [2.75, 3.05) is 13.7 Å². The quantitative estimate of drug-likeness (QED) is 0.783. The van der Waals surface area contributed by atoms with Crippen LogP contribution in [0.3, 0.4) is 0 Å². The predicted octanol–water partition coefficient (Wildman–Crippen LogP) is 1.89. The van der Waals surface area contributed by atoms with Gasteiger partial charge >= 0.3 is 6.18 Å². The van der Waals surface area contributed by atoms with Crippen molar-refractivity contribution in [1.82, 2.24) is 5.48 Å². The molecule has 0 amide bonds. The summed E-state index contributed by atoms with van der Waals surface area (Å²) in [5, 5.41) is 9.53. The summed E-state index contributed by atoms with van der Waals surface area (Å²) < 4.78 is 37.1. The third-order valence-electron chi connectivity index (χ3n) is 2.02. The molecule has 0 saturated heterocycles. The SMILES string of the molecule is CONCC(O)c1cccc(C(F)(F)F)c1. The molecule has 0 spiro atoms. The van der Waals surface area contributed by atoms with Crippen LogP contribution in [0, 0.1) is 0 Å². The van der Waals surface area contributed by atoms with E-state index in [1.54, 1.807) is 0 Å². The molecule has 6 heteroatoms. The first-order valence-electron chi connectivity index (χ1n) is 4.56. The molecule has 1 atom stereocenters. The Balaban J connectivity index is 2.82. The summed E-state index contributed by atoms with van der Waals surface area (Å²) in [6.45, 7) is 0.0256.